The maximum atomic E-state index is 13.5. The molecule has 8 fully saturated rings. The molecule has 8 aliphatic rings. The first-order chi connectivity index (χ1) is 26.8. The van der Waals surface area contributed by atoms with Crippen molar-refractivity contribution >= 4 is 11.9 Å². The molecule has 0 unspecified atom stereocenters. The van der Waals surface area contributed by atoms with Gasteiger partial charge in [-0.3, -0.25) is 9.59 Å². The molecular weight excluding hydrogens is 744 g/mol. The summed E-state index contributed by atoms with van der Waals surface area (Å²) in [6.45, 7) is 13.7. The third kappa shape index (κ3) is 7.25. The largest absolute Gasteiger partial charge is 1.00 e. The molecule has 0 spiro atoms. The second kappa shape index (κ2) is 16.7. The van der Waals surface area contributed by atoms with Gasteiger partial charge in [0.25, 0.3) is 0 Å². The third-order valence-corrected chi connectivity index (χ3v) is 20.9. The van der Waals surface area contributed by atoms with Crippen LogP contribution in [0.1, 0.15) is 159 Å². The van der Waals surface area contributed by atoms with Crippen LogP contribution in [0.15, 0.2) is 0 Å². The number of carboxylic acids is 1. The molecule has 58 heavy (non-hydrogen) atoms. The number of carbonyl (C=O) groups excluding carboxylic acids is 1. The predicted octanol–water partition coefficient (Wildman–Crippen LogP) is 4.49. The zero-order chi connectivity index (χ0) is 41.0. The molecule has 0 heterocycles. The van der Waals surface area contributed by atoms with E-state index in [4.69, 9.17) is 4.74 Å². The van der Waals surface area contributed by atoms with Crippen molar-refractivity contribution in [1.29, 1.82) is 0 Å². The van der Waals surface area contributed by atoms with Gasteiger partial charge < -0.3 is 36.8 Å². The first-order valence-electron chi connectivity index (χ1n) is 23.6. The average molecular weight is 823 g/mol. The van der Waals surface area contributed by atoms with Crippen LogP contribution in [0.4, 0.5) is 0 Å². The Labute approximate surface area is 372 Å². The summed E-state index contributed by atoms with van der Waals surface area (Å²) in [5.41, 5.74) is -0.595. The van der Waals surface area contributed by atoms with Gasteiger partial charge in [0.1, 0.15) is 6.10 Å². The van der Waals surface area contributed by atoms with E-state index in [-0.39, 0.29) is 142 Å². The molecule has 8 aliphatic carbocycles. The molecule has 0 aromatic carbocycles. The van der Waals surface area contributed by atoms with Gasteiger partial charge in [0.15, 0.2) is 0 Å². The van der Waals surface area contributed by atoms with Crippen LogP contribution in [0, 0.1) is 92.7 Å². The minimum atomic E-state index is -0.769. The van der Waals surface area contributed by atoms with E-state index in [1.54, 1.807) is 0 Å². The molecule has 6 N–H and O–H groups in total. The van der Waals surface area contributed by atoms with E-state index in [1.165, 1.54) is 0 Å². The molecule has 9 nitrogen and oxygen atoms in total. The van der Waals surface area contributed by atoms with E-state index in [1.807, 2.05) is 0 Å². The summed E-state index contributed by atoms with van der Waals surface area (Å²) in [6.07, 6.45) is 11.5. The van der Waals surface area contributed by atoms with Crippen LogP contribution in [-0.4, -0.2) is 79.2 Å². The van der Waals surface area contributed by atoms with Crippen LogP contribution in [0.25, 0.3) is 0 Å². The zero-order valence-electron chi connectivity index (χ0n) is 38.0. The smallest absolute Gasteiger partial charge is 1.00 e. The standard InChI is InChI=1S/C48H78O9.Na.H/c1-25(7-13-41(54)55)31-9-11-34-44-36(24-40(53)47(31,34)5)46(4)18-16-30(20-28(46)22-38(44)51)57-42(56)14-8-26(2)32-10-12-33-43-35(23-39(52)48(32,33)6)45(3)17-15-29(49)19-27(45)21-37(43)50;;/h25-40,43-44,49-53H,7-24H2,1-6H3,(H,54,55);;/q;+1;-1/t25-,26-,27+,28+,29-,30-,31-,32-,33+,34+,35+,36+,37-,38-,39+,40+,43+,44+,45+,46+,47-,48-;;/m1../s1. The minimum Gasteiger partial charge on any atom is -1.00 e. The van der Waals surface area contributed by atoms with Gasteiger partial charge in [0.05, 0.1) is 30.5 Å². The number of aliphatic hydroxyl groups is 5. The molecule has 10 heteroatoms. The van der Waals surface area contributed by atoms with Crippen molar-refractivity contribution in [2.75, 3.05) is 0 Å². The molecule has 0 saturated heterocycles. The second-order valence-corrected chi connectivity index (χ2v) is 22.9. The van der Waals surface area contributed by atoms with Crippen LogP contribution < -0.4 is 29.6 Å². The van der Waals surface area contributed by atoms with Gasteiger partial charge in [-0.05, 0) is 195 Å². The van der Waals surface area contributed by atoms with Crippen molar-refractivity contribution in [2.24, 2.45) is 92.7 Å². The Kier molecular flexibility index (Phi) is 13.2. The van der Waals surface area contributed by atoms with E-state index < -0.39 is 30.4 Å². The summed E-state index contributed by atoms with van der Waals surface area (Å²) in [6, 6.07) is 0. The summed E-state index contributed by atoms with van der Waals surface area (Å²) in [7, 11) is 0. The van der Waals surface area contributed by atoms with E-state index in [2.05, 4.69) is 41.5 Å². The number of esters is 1. The fourth-order valence-corrected chi connectivity index (χ4v) is 17.7. The first kappa shape index (κ1) is 45.8. The van der Waals surface area contributed by atoms with Gasteiger partial charge >= 0.3 is 41.5 Å². The molecule has 0 amide bonds. The average Bonchev–Trinajstić information content (AvgIpc) is 3.70. The van der Waals surface area contributed by atoms with Gasteiger partial charge in [0.2, 0.25) is 0 Å². The van der Waals surface area contributed by atoms with Crippen molar-refractivity contribution in [3.63, 3.8) is 0 Å². The Morgan fingerprint density at radius 2 is 1.09 bits per heavy atom. The van der Waals surface area contributed by atoms with Crippen molar-refractivity contribution in [2.45, 2.75) is 194 Å². The Morgan fingerprint density at radius 1 is 0.621 bits per heavy atom. The van der Waals surface area contributed by atoms with Crippen LogP contribution in [0.5, 0.6) is 0 Å². The third-order valence-electron chi connectivity index (χ3n) is 20.9. The number of rotatable bonds is 9. The number of ether oxygens (including phenoxy) is 1. The van der Waals surface area contributed by atoms with Gasteiger partial charge in [-0.1, -0.05) is 41.5 Å². The SMILES string of the molecule is C[C@H](CCC(=O)O[C@@H]1CC[C@@]2(C)[C@@H](C1)C[C@@H](O)[C@@H]1[C@@H]2C[C@H](O)[C@]2(C)[C@@H]([C@H](C)CCC(=O)O)CC[C@@H]12)[C@H]1CC[C@H]2[C@@H]3[C@H](O)C[C@@H]4C[C@H](O)CC[C@]4(C)[C@H]3C[C@H](O)[C@]12C.[H-].[Na+]. The van der Waals surface area contributed by atoms with E-state index in [0.29, 0.717) is 38.0 Å². The van der Waals surface area contributed by atoms with Gasteiger partial charge in [-0.15, -0.1) is 0 Å². The summed E-state index contributed by atoms with van der Waals surface area (Å²) in [5, 5.41) is 67.3. The Morgan fingerprint density at radius 3 is 1.59 bits per heavy atom. The summed E-state index contributed by atoms with van der Waals surface area (Å²) >= 11 is 0. The summed E-state index contributed by atoms with van der Waals surface area (Å²) < 4.78 is 6.25. The monoisotopic (exact) mass is 823 g/mol. The molecular formula is C48H79NaO9. The molecule has 0 aromatic rings. The van der Waals surface area contributed by atoms with Gasteiger partial charge in [-0.25, -0.2) is 0 Å². The van der Waals surface area contributed by atoms with Crippen molar-refractivity contribution in [3.05, 3.63) is 0 Å². The van der Waals surface area contributed by atoms with E-state index in [9.17, 15) is 40.2 Å². The maximum absolute atomic E-state index is 13.5. The molecule has 8 saturated carbocycles. The van der Waals surface area contributed by atoms with Crippen molar-refractivity contribution < 1.29 is 75.9 Å². The Balaban J connectivity index is 0.00000293. The predicted molar refractivity (Wildman–Crippen MR) is 217 cm³/mol. The number of hydrogen-bond acceptors (Lipinski definition) is 8. The van der Waals surface area contributed by atoms with Gasteiger partial charge in [0, 0.05) is 12.8 Å². The number of aliphatic carboxylic acids is 1. The van der Waals surface area contributed by atoms with E-state index >= 15 is 0 Å². The molecule has 0 aliphatic heterocycles. The van der Waals surface area contributed by atoms with E-state index in [0.717, 1.165) is 77.0 Å². The number of hydrogen-bond donors (Lipinski definition) is 6. The summed E-state index contributed by atoms with van der Waals surface area (Å²) in [4.78, 5) is 24.9. The molecule has 8 rings (SSSR count). The Bertz CT molecular complexity index is 1520. The number of aliphatic hydroxyl groups excluding tert-OH is 5. The van der Waals surface area contributed by atoms with Crippen LogP contribution in [0.3, 0.4) is 0 Å². The second-order valence-electron chi connectivity index (χ2n) is 22.9. The fourth-order valence-electron chi connectivity index (χ4n) is 17.7. The Hall–Kier alpha value is -0.260. The van der Waals surface area contributed by atoms with Gasteiger partial charge in [-0.2, -0.15) is 0 Å². The van der Waals surface area contributed by atoms with Crippen LogP contribution >= 0.6 is 0 Å². The zero-order valence-corrected chi connectivity index (χ0v) is 39.0. The molecule has 0 aromatic heterocycles. The maximum Gasteiger partial charge on any atom is 1.00 e. The molecule has 0 radical (unpaired) electrons. The molecule has 22 atom stereocenters. The van der Waals surface area contributed by atoms with Crippen molar-refractivity contribution in [3.8, 4) is 0 Å². The number of fused-ring (bicyclic) bond motifs is 10. The van der Waals surface area contributed by atoms with Crippen LogP contribution in [-0.2, 0) is 14.3 Å². The topological polar surface area (TPSA) is 165 Å². The van der Waals surface area contributed by atoms with Crippen LogP contribution in [0.2, 0.25) is 0 Å². The number of carboxylic acid groups (broad SMARTS) is 1. The molecule has 326 valence electrons. The first-order valence-corrected chi connectivity index (χ1v) is 23.6. The van der Waals surface area contributed by atoms with Crippen molar-refractivity contribution in [1.82, 2.24) is 0 Å². The molecule has 0 bridgehead atoms. The quantitative estimate of drug-likeness (QED) is 0.145. The minimum absolute atomic E-state index is 0. The summed E-state index contributed by atoms with van der Waals surface area (Å²) in [5.74, 6) is 1.86. The fraction of sp³-hybridized carbons (Fsp3) is 0.958. The normalized spacial score (nSPS) is 52.9. The number of carbonyl (C=O) groups is 2.